The third kappa shape index (κ3) is 2.26. The van der Waals surface area contributed by atoms with E-state index in [-0.39, 0.29) is 42.2 Å². The molecule has 1 aromatic carbocycles. The quantitative estimate of drug-likeness (QED) is 0.627. The molecule has 120 valence electrons. The highest BCUT2D eigenvalue weighted by molar-refractivity contribution is 5.98. The lowest BCUT2D eigenvalue weighted by atomic mass is 9.80. The lowest BCUT2D eigenvalue weighted by molar-refractivity contribution is -0.154. The van der Waals surface area contributed by atoms with Gasteiger partial charge in [-0.15, -0.1) is 0 Å². The van der Waals surface area contributed by atoms with Crippen LogP contribution in [0.3, 0.4) is 0 Å². The summed E-state index contributed by atoms with van der Waals surface area (Å²) in [5.74, 6) is -1.40. The van der Waals surface area contributed by atoms with Crippen molar-refractivity contribution >= 4 is 17.7 Å². The van der Waals surface area contributed by atoms with Crippen molar-refractivity contribution in [3.05, 3.63) is 35.4 Å². The Morgan fingerprint density at radius 2 is 1.96 bits per heavy atom. The second-order valence-corrected chi connectivity index (χ2v) is 6.82. The van der Waals surface area contributed by atoms with Crippen LogP contribution in [0.2, 0.25) is 0 Å². The van der Waals surface area contributed by atoms with Crippen molar-refractivity contribution in [2.24, 2.45) is 23.7 Å². The highest BCUT2D eigenvalue weighted by Gasteiger charge is 2.64. The maximum Gasteiger partial charge on any atom is 0.310 e. The van der Waals surface area contributed by atoms with Crippen LogP contribution in [0.15, 0.2) is 24.3 Å². The molecule has 3 fully saturated rings. The van der Waals surface area contributed by atoms with Crippen molar-refractivity contribution in [2.75, 3.05) is 6.61 Å². The number of ketones is 1. The van der Waals surface area contributed by atoms with Gasteiger partial charge < -0.3 is 9.47 Å². The first-order chi connectivity index (χ1) is 11.0. The number of fused-ring (bicyclic) bond motifs is 1. The van der Waals surface area contributed by atoms with Crippen molar-refractivity contribution in [3.8, 4) is 0 Å². The molecule has 0 spiro atoms. The fourth-order valence-corrected chi connectivity index (χ4v) is 4.38. The van der Waals surface area contributed by atoms with E-state index in [1.54, 1.807) is 12.1 Å². The van der Waals surface area contributed by atoms with Crippen molar-refractivity contribution in [2.45, 2.75) is 25.9 Å². The standard InChI is InChI=1S/C18H18O5/c1-9-2-4-10(5-3-9)13(19)8-22-17(20)15-11-6-12-14(7-11)23-18(21)16(12)15/h2-5,11-12,14-16H,6-8H2,1H3. The number of hydrogen-bond donors (Lipinski definition) is 0. The number of esters is 2. The Bertz CT molecular complexity index is 675. The maximum absolute atomic E-state index is 12.4. The van der Waals surface area contributed by atoms with E-state index in [1.807, 2.05) is 19.1 Å². The van der Waals surface area contributed by atoms with Crippen molar-refractivity contribution < 1.29 is 23.9 Å². The molecule has 0 amide bonds. The molecular weight excluding hydrogens is 296 g/mol. The summed E-state index contributed by atoms with van der Waals surface area (Å²) >= 11 is 0. The number of carbonyl (C=O) groups excluding carboxylic acids is 3. The van der Waals surface area contributed by atoms with E-state index < -0.39 is 11.9 Å². The minimum Gasteiger partial charge on any atom is -0.462 e. The SMILES string of the molecule is Cc1ccc(C(=O)COC(=O)C2C3CC4OC(=O)C2C4C3)cc1. The van der Waals surface area contributed by atoms with Crippen molar-refractivity contribution in [3.63, 3.8) is 0 Å². The average molecular weight is 314 g/mol. The lowest BCUT2D eigenvalue weighted by Crippen LogP contribution is -2.34. The number of aryl methyl sites for hydroxylation is 1. The van der Waals surface area contributed by atoms with Gasteiger partial charge in [0.2, 0.25) is 0 Å². The predicted octanol–water partition coefficient (Wildman–Crippen LogP) is 1.92. The molecule has 5 heteroatoms. The Kier molecular flexibility index (Phi) is 3.25. The van der Waals surface area contributed by atoms with E-state index in [4.69, 9.17) is 9.47 Å². The smallest absolute Gasteiger partial charge is 0.310 e. The van der Waals surface area contributed by atoms with Gasteiger partial charge in [0.15, 0.2) is 12.4 Å². The Balaban J connectivity index is 1.40. The number of Topliss-reactive ketones (excluding diaryl/α,β-unsaturated/α-hetero) is 1. The first kappa shape index (κ1) is 14.4. The van der Waals surface area contributed by atoms with E-state index in [0.29, 0.717) is 5.56 Å². The number of hydrogen-bond acceptors (Lipinski definition) is 5. The van der Waals surface area contributed by atoms with E-state index in [9.17, 15) is 14.4 Å². The van der Waals surface area contributed by atoms with Gasteiger partial charge in [0.25, 0.3) is 0 Å². The molecule has 5 nitrogen and oxygen atoms in total. The molecule has 4 rings (SSSR count). The Labute approximate surface area is 134 Å². The molecule has 2 aliphatic carbocycles. The second kappa shape index (κ2) is 5.18. The summed E-state index contributed by atoms with van der Waals surface area (Å²) in [5, 5.41) is 0. The van der Waals surface area contributed by atoms with Gasteiger partial charge in [0.05, 0.1) is 11.8 Å². The third-order valence-corrected chi connectivity index (χ3v) is 5.47. The van der Waals surface area contributed by atoms with E-state index in [1.165, 1.54) is 0 Å². The van der Waals surface area contributed by atoms with Crippen LogP contribution >= 0.6 is 0 Å². The van der Waals surface area contributed by atoms with Crippen LogP contribution in [-0.4, -0.2) is 30.4 Å². The number of rotatable bonds is 4. The Morgan fingerprint density at radius 3 is 2.70 bits per heavy atom. The molecule has 0 aromatic heterocycles. The zero-order valence-corrected chi connectivity index (χ0v) is 12.9. The highest BCUT2D eigenvalue weighted by atomic mass is 16.6. The Morgan fingerprint density at radius 1 is 1.22 bits per heavy atom. The number of benzene rings is 1. The second-order valence-electron chi connectivity index (χ2n) is 6.82. The molecule has 23 heavy (non-hydrogen) atoms. The number of carbonyl (C=O) groups is 3. The first-order valence-corrected chi connectivity index (χ1v) is 8.01. The Hall–Kier alpha value is -2.17. The van der Waals surface area contributed by atoms with Gasteiger partial charge in [-0.3, -0.25) is 14.4 Å². The number of ether oxygens (including phenoxy) is 2. The van der Waals surface area contributed by atoms with Gasteiger partial charge in [0, 0.05) is 11.5 Å². The summed E-state index contributed by atoms with van der Waals surface area (Å²) in [5.41, 5.74) is 1.59. The molecule has 2 bridgehead atoms. The van der Waals surface area contributed by atoms with Gasteiger partial charge >= 0.3 is 11.9 Å². The average Bonchev–Trinajstić information content (AvgIpc) is 3.14. The molecule has 5 atom stereocenters. The summed E-state index contributed by atoms with van der Waals surface area (Å²) < 4.78 is 10.5. The van der Waals surface area contributed by atoms with Crippen molar-refractivity contribution in [1.82, 2.24) is 0 Å². The van der Waals surface area contributed by atoms with E-state index >= 15 is 0 Å². The van der Waals surface area contributed by atoms with Crippen LogP contribution in [0.1, 0.15) is 28.8 Å². The van der Waals surface area contributed by atoms with Gasteiger partial charge in [-0.25, -0.2) is 0 Å². The molecule has 1 aliphatic heterocycles. The van der Waals surface area contributed by atoms with Crippen LogP contribution < -0.4 is 0 Å². The van der Waals surface area contributed by atoms with E-state index in [0.717, 1.165) is 18.4 Å². The van der Waals surface area contributed by atoms with Gasteiger partial charge in [-0.1, -0.05) is 29.8 Å². The normalized spacial score (nSPS) is 33.6. The van der Waals surface area contributed by atoms with Crippen LogP contribution in [0, 0.1) is 30.6 Å². The molecule has 0 radical (unpaired) electrons. The van der Waals surface area contributed by atoms with E-state index in [2.05, 4.69) is 0 Å². The minimum atomic E-state index is -0.433. The first-order valence-electron chi connectivity index (χ1n) is 8.01. The summed E-state index contributed by atoms with van der Waals surface area (Å²) in [6, 6.07) is 7.14. The fraction of sp³-hybridized carbons (Fsp3) is 0.500. The molecule has 0 N–H and O–H groups in total. The molecular formula is C18H18O5. The molecule has 5 unspecified atom stereocenters. The zero-order chi connectivity index (χ0) is 16.1. The third-order valence-electron chi connectivity index (χ3n) is 5.47. The summed E-state index contributed by atoms with van der Waals surface area (Å²) in [4.78, 5) is 36.4. The largest absolute Gasteiger partial charge is 0.462 e. The molecule has 1 heterocycles. The topological polar surface area (TPSA) is 69.7 Å². The fourth-order valence-electron chi connectivity index (χ4n) is 4.38. The van der Waals surface area contributed by atoms with Gasteiger partial charge in [-0.05, 0) is 25.7 Å². The minimum absolute atomic E-state index is 0.00394. The van der Waals surface area contributed by atoms with Crippen LogP contribution in [0.4, 0.5) is 0 Å². The van der Waals surface area contributed by atoms with Crippen LogP contribution in [0.25, 0.3) is 0 Å². The molecule has 1 saturated heterocycles. The zero-order valence-electron chi connectivity index (χ0n) is 12.9. The summed E-state index contributed by atoms with van der Waals surface area (Å²) in [6.07, 6.45) is 1.60. The van der Waals surface area contributed by atoms with Crippen LogP contribution in [0.5, 0.6) is 0 Å². The molecule has 3 aliphatic rings. The highest BCUT2D eigenvalue weighted by Crippen LogP contribution is 2.57. The molecule has 2 saturated carbocycles. The molecule has 1 aromatic rings. The maximum atomic E-state index is 12.4. The van der Waals surface area contributed by atoms with Crippen LogP contribution in [-0.2, 0) is 19.1 Å². The lowest BCUT2D eigenvalue weighted by Gasteiger charge is -2.22. The monoisotopic (exact) mass is 314 g/mol. The van der Waals surface area contributed by atoms with Crippen molar-refractivity contribution in [1.29, 1.82) is 0 Å². The summed E-state index contributed by atoms with van der Waals surface area (Å²) in [6.45, 7) is 1.67. The predicted molar refractivity (Wildman–Crippen MR) is 79.5 cm³/mol. The summed E-state index contributed by atoms with van der Waals surface area (Å²) in [7, 11) is 0. The van der Waals surface area contributed by atoms with Gasteiger partial charge in [-0.2, -0.15) is 0 Å². The van der Waals surface area contributed by atoms with Gasteiger partial charge in [0.1, 0.15) is 6.10 Å².